The molecule has 0 aliphatic heterocycles. The summed E-state index contributed by atoms with van der Waals surface area (Å²) in [5, 5.41) is 0. The van der Waals surface area contributed by atoms with Gasteiger partial charge in [-0.2, -0.15) is 0 Å². The Labute approximate surface area is 119 Å². The topological polar surface area (TPSA) is 46.6 Å². The smallest absolute Gasteiger partial charge is 0.414 e. The number of amides is 1. The number of nitrogens with zero attached hydrogens (tertiary/aromatic N) is 1. The van der Waals surface area contributed by atoms with Crippen molar-refractivity contribution in [2.24, 2.45) is 0 Å². The molecule has 1 aliphatic carbocycles. The normalized spacial score (nSPS) is 14.2. The number of carbonyl (C=O) groups is 2. The molecule has 1 aliphatic rings. The van der Waals surface area contributed by atoms with Crippen molar-refractivity contribution in [1.29, 1.82) is 0 Å². The van der Waals surface area contributed by atoms with Crippen LogP contribution in [0, 0.1) is 0 Å². The monoisotopic (exact) mass is 357 g/mol. The van der Waals surface area contributed by atoms with Crippen molar-refractivity contribution < 1.29 is 14.3 Å². The third-order valence-electron chi connectivity index (χ3n) is 2.73. The van der Waals surface area contributed by atoms with Gasteiger partial charge < -0.3 is 4.74 Å². The lowest BCUT2D eigenvalue weighted by Crippen LogP contribution is -2.35. The Morgan fingerprint density at radius 3 is 2.56 bits per heavy atom. The Hall–Kier alpha value is -1.37. The van der Waals surface area contributed by atoms with Crippen LogP contribution in [0.25, 0.3) is 0 Å². The van der Waals surface area contributed by atoms with Crippen LogP contribution in [-0.4, -0.2) is 23.9 Å². The van der Waals surface area contributed by atoms with Crippen LogP contribution in [0.1, 0.15) is 12.0 Å². The highest BCUT2D eigenvalue weighted by atomic mass is 127. The fraction of sp³-hybridized carbons (Fsp3) is 0.231. The molecule has 0 radical (unpaired) electrons. The van der Waals surface area contributed by atoms with Gasteiger partial charge in [0.2, 0.25) is 0 Å². The Morgan fingerprint density at radius 1 is 1.39 bits per heavy atom. The molecule has 0 unspecified atom stereocenters. The van der Waals surface area contributed by atoms with Crippen molar-refractivity contribution in [3.8, 4) is 0 Å². The van der Waals surface area contributed by atoms with Gasteiger partial charge in [-0.05, 0) is 28.2 Å². The number of rotatable bonds is 3. The maximum absolute atomic E-state index is 11.8. The van der Waals surface area contributed by atoms with Gasteiger partial charge in [-0.1, -0.05) is 30.3 Å². The molecule has 4 nitrogen and oxygen atoms in total. The Balaban J connectivity index is 2.23. The van der Waals surface area contributed by atoms with E-state index in [2.05, 4.69) is 0 Å². The molecular formula is C13H12INO3. The molecule has 2 rings (SSSR count). The van der Waals surface area contributed by atoms with Gasteiger partial charge in [0.1, 0.15) is 0 Å². The van der Waals surface area contributed by atoms with Gasteiger partial charge in [-0.25, -0.2) is 4.79 Å². The number of Topliss-reactive ketones (excluding diaryl/α,β-unsaturated/α-hetero) is 1. The number of carbonyl (C=O) groups excluding carboxylic acids is 2. The Morgan fingerprint density at radius 2 is 2.06 bits per heavy atom. The van der Waals surface area contributed by atoms with Crippen LogP contribution in [0.15, 0.2) is 39.6 Å². The van der Waals surface area contributed by atoms with Gasteiger partial charge in [-0.3, -0.25) is 9.69 Å². The van der Waals surface area contributed by atoms with Crippen LogP contribution >= 0.6 is 22.6 Å². The van der Waals surface area contributed by atoms with E-state index >= 15 is 0 Å². The summed E-state index contributed by atoms with van der Waals surface area (Å²) in [6, 6.07) is 9.61. The standard InChI is InChI=1S/C13H12INO3/c1-18-13(17)15(10-7-11(16)12(10)14)8-9-5-3-2-4-6-9/h2-6H,7-8H2,1H3. The number of halogens is 1. The summed E-state index contributed by atoms with van der Waals surface area (Å²) < 4.78 is 5.38. The number of hydrogen-bond donors (Lipinski definition) is 0. The lowest BCUT2D eigenvalue weighted by Gasteiger charge is -2.29. The number of allylic oxidation sites excluding steroid dienone is 2. The van der Waals surface area contributed by atoms with E-state index in [1.807, 2.05) is 52.9 Å². The third-order valence-corrected chi connectivity index (χ3v) is 3.95. The van der Waals surface area contributed by atoms with E-state index in [9.17, 15) is 9.59 Å². The summed E-state index contributed by atoms with van der Waals surface area (Å²) >= 11 is 1.97. The van der Waals surface area contributed by atoms with Crippen molar-refractivity contribution in [3.05, 3.63) is 45.2 Å². The molecule has 1 aromatic carbocycles. The molecule has 5 heteroatoms. The van der Waals surface area contributed by atoms with Crippen LogP contribution < -0.4 is 0 Å². The molecule has 0 fully saturated rings. The zero-order chi connectivity index (χ0) is 13.1. The molecule has 1 aromatic rings. The van der Waals surface area contributed by atoms with Gasteiger partial charge in [-0.15, -0.1) is 0 Å². The predicted octanol–water partition coefficient (Wildman–Crippen LogP) is 2.87. The van der Waals surface area contributed by atoms with Crippen LogP contribution in [0.2, 0.25) is 0 Å². The van der Waals surface area contributed by atoms with E-state index in [1.54, 1.807) is 0 Å². The maximum atomic E-state index is 11.8. The number of hydrogen-bond acceptors (Lipinski definition) is 3. The second kappa shape index (κ2) is 5.51. The van der Waals surface area contributed by atoms with Crippen molar-refractivity contribution in [2.45, 2.75) is 13.0 Å². The summed E-state index contributed by atoms with van der Waals surface area (Å²) in [6.07, 6.45) is -0.129. The second-order valence-electron chi connectivity index (χ2n) is 3.90. The minimum absolute atomic E-state index is 0.0764. The van der Waals surface area contributed by atoms with Gasteiger partial charge >= 0.3 is 6.09 Å². The molecule has 0 N–H and O–H groups in total. The SMILES string of the molecule is COC(=O)N(Cc1ccccc1)C1=C(I)C(=O)C1. The van der Waals surface area contributed by atoms with Crippen molar-refractivity contribution in [1.82, 2.24) is 4.90 Å². The van der Waals surface area contributed by atoms with Crippen molar-refractivity contribution in [2.75, 3.05) is 7.11 Å². The molecule has 0 saturated heterocycles. The van der Waals surface area contributed by atoms with Crippen LogP contribution in [0.4, 0.5) is 4.79 Å². The zero-order valence-corrected chi connectivity index (χ0v) is 12.0. The lowest BCUT2D eigenvalue weighted by molar-refractivity contribution is -0.116. The minimum atomic E-state index is -0.435. The lowest BCUT2D eigenvalue weighted by atomic mass is 10.0. The fourth-order valence-electron chi connectivity index (χ4n) is 1.72. The molecule has 0 heterocycles. The van der Waals surface area contributed by atoms with Gasteiger partial charge in [0.15, 0.2) is 5.78 Å². The predicted molar refractivity (Wildman–Crippen MR) is 75.1 cm³/mol. The Bertz CT molecular complexity index is 510. The van der Waals surface area contributed by atoms with E-state index in [-0.39, 0.29) is 5.78 Å². The summed E-state index contributed by atoms with van der Waals surface area (Å²) in [7, 11) is 1.34. The quantitative estimate of drug-likeness (QED) is 0.782. The molecule has 0 bridgehead atoms. The summed E-state index contributed by atoms with van der Waals surface area (Å²) in [5.41, 5.74) is 1.75. The first-order valence-corrected chi connectivity index (χ1v) is 6.52. The second-order valence-corrected chi connectivity index (χ2v) is 4.98. The van der Waals surface area contributed by atoms with E-state index in [0.717, 1.165) is 11.3 Å². The van der Waals surface area contributed by atoms with Crippen LogP contribution in [-0.2, 0) is 16.1 Å². The summed E-state index contributed by atoms with van der Waals surface area (Å²) in [4.78, 5) is 24.5. The number of methoxy groups -OCH3 is 1. The highest BCUT2D eigenvalue weighted by Crippen LogP contribution is 2.33. The molecule has 1 amide bonds. The number of ether oxygens (including phenoxy) is 1. The fourth-order valence-corrected chi connectivity index (χ4v) is 2.39. The average Bonchev–Trinajstić information content (AvgIpc) is 2.42. The summed E-state index contributed by atoms with van der Waals surface area (Å²) in [6.45, 7) is 0.419. The molecule has 18 heavy (non-hydrogen) atoms. The first-order valence-electron chi connectivity index (χ1n) is 5.44. The maximum Gasteiger partial charge on any atom is 0.414 e. The van der Waals surface area contributed by atoms with E-state index in [1.165, 1.54) is 12.0 Å². The summed E-state index contributed by atoms with van der Waals surface area (Å²) in [5.74, 6) is 0.0764. The first kappa shape index (κ1) is 13.1. The molecule has 0 saturated carbocycles. The number of ketones is 1. The van der Waals surface area contributed by atoms with Gasteiger partial charge in [0.05, 0.1) is 23.7 Å². The van der Waals surface area contributed by atoms with Crippen molar-refractivity contribution in [3.63, 3.8) is 0 Å². The largest absolute Gasteiger partial charge is 0.452 e. The van der Waals surface area contributed by atoms with Crippen molar-refractivity contribution >= 4 is 34.5 Å². The van der Waals surface area contributed by atoms with E-state index in [4.69, 9.17) is 4.74 Å². The zero-order valence-electron chi connectivity index (χ0n) is 9.85. The third kappa shape index (κ3) is 2.55. The van der Waals surface area contributed by atoms with E-state index < -0.39 is 6.09 Å². The minimum Gasteiger partial charge on any atom is -0.452 e. The molecule has 94 valence electrons. The van der Waals surface area contributed by atoms with Gasteiger partial charge in [0.25, 0.3) is 0 Å². The van der Waals surface area contributed by atoms with Crippen LogP contribution in [0.5, 0.6) is 0 Å². The molecule has 0 atom stereocenters. The highest BCUT2D eigenvalue weighted by molar-refractivity contribution is 14.1. The van der Waals surface area contributed by atoms with E-state index in [0.29, 0.717) is 16.5 Å². The molecule has 0 aromatic heterocycles. The number of benzene rings is 1. The molecular weight excluding hydrogens is 345 g/mol. The van der Waals surface area contributed by atoms with Crippen LogP contribution in [0.3, 0.4) is 0 Å². The Kier molecular flexibility index (Phi) is 4.00. The average molecular weight is 357 g/mol. The highest BCUT2D eigenvalue weighted by Gasteiger charge is 2.32. The first-order chi connectivity index (χ1) is 8.63. The molecule has 0 spiro atoms. The van der Waals surface area contributed by atoms with Gasteiger partial charge in [0, 0.05) is 5.70 Å².